The van der Waals surface area contributed by atoms with Crippen molar-refractivity contribution >= 4 is 11.8 Å². The highest BCUT2D eigenvalue weighted by molar-refractivity contribution is 5.96. The summed E-state index contributed by atoms with van der Waals surface area (Å²) in [5.41, 5.74) is 1.23. The van der Waals surface area contributed by atoms with E-state index in [2.05, 4.69) is 5.32 Å². The number of carbonyl (C=O) groups is 2. The molecule has 9 nitrogen and oxygen atoms in total. The number of ether oxygens (including phenoxy) is 2. The van der Waals surface area contributed by atoms with Crippen LogP contribution in [0.15, 0.2) is 35.4 Å². The van der Waals surface area contributed by atoms with E-state index in [9.17, 15) is 33.0 Å². The third-order valence-corrected chi connectivity index (χ3v) is 5.90. The molecule has 0 saturated carbocycles. The first kappa shape index (κ1) is 27.5. The van der Waals surface area contributed by atoms with Crippen LogP contribution in [-0.2, 0) is 16.2 Å². The highest BCUT2D eigenvalue weighted by Crippen LogP contribution is 2.51. The molecular weight excluding hydrogens is 485 g/mol. The average Bonchev–Trinajstić information content (AvgIpc) is 3.20. The lowest BCUT2D eigenvalue weighted by Crippen LogP contribution is -2.57. The van der Waals surface area contributed by atoms with E-state index in [1.807, 2.05) is 0 Å². The molecule has 0 bridgehead atoms. The van der Waals surface area contributed by atoms with Gasteiger partial charge in [-0.2, -0.15) is 13.2 Å². The Hall–Kier alpha value is -3.09. The maximum absolute atomic E-state index is 13.5. The number of nitrogens with one attached hydrogen (secondary N) is 1. The van der Waals surface area contributed by atoms with E-state index in [0.29, 0.717) is 21.6 Å². The highest BCUT2D eigenvalue weighted by Gasteiger charge is 2.52. The fraction of sp³-hybridized carbons (Fsp3) is 0.500. The van der Waals surface area contributed by atoms with Crippen molar-refractivity contribution < 1.29 is 47.6 Å². The van der Waals surface area contributed by atoms with E-state index in [4.69, 9.17) is 14.6 Å². The normalized spacial score (nSPS) is 22.5. The van der Waals surface area contributed by atoms with Gasteiger partial charge in [0.1, 0.15) is 18.8 Å². The third-order valence-electron chi connectivity index (χ3n) is 5.90. The fourth-order valence-corrected chi connectivity index (χ4v) is 4.47. The monoisotopic (exact) mass is 514 g/mol. The number of methoxy groups -OCH3 is 1. The number of amides is 2. The summed E-state index contributed by atoms with van der Waals surface area (Å²) in [7, 11) is 1.36. The number of hydrogen-bond donors (Lipinski definition) is 4. The van der Waals surface area contributed by atoms with Gasteiger partial charge in [0.2, 0.25) is 11.8 Å². The lowest BCUT2D eigenvalue weighted by molar-refractivity contribution is -0.167. The summed E-state index contributed by atoms with van der Waals surface area (Å²) in [5, 5.41) is 32.5. The number of fused-ring (bicyclic) bond motifs is 3. The van der Waals surface area contributed by atoms with Gasteiger partial charge in [-0.25, -0.2) is 0 Å². The molecule has 0 fully saturated rings. The number of carbonyl (C=O) groups excluding carboxylic acids is 2. The molecule has 1 aromatic rings. The lowest BCUT2D eigenvalue weighted by Gasteiger charge is -2.40. The van der Waals surface area contributed by atoms with Gasteiger partial charge >= 0.3 is 6.18 Å². The van der Waals surface area contributed by atoms with Crippen LogP contribution in [0, 0.1) is 0 Å². The fourth-order valence-electron chi connectivity index (χ4n) is 4.47. The second kappa shape index (κ2) is 10.9. The van der Waals surface area contributed by atoms with Crippen molar-refractivity contribution in [3.05, 3.63) is 46.6 Å². The minimum atomic E-state index is -4.78. The number of aliphatic hydroxyl groups excluding tert-OH is 3. The zero-order chi connectivity index (χ0) is 26.8. The van der Waals surface area contributed by atoms with Crippen LogP contribution in [0.4, 0.5) is 13.2 Å². The molecule has 1 aromatic carbocycles. The maximum Gasteiger partial charge on any atom is 0.406 e. The van der Waals surface area contributed by atoms with E-state index in [1.54, 1.807) is 19.9 Å². The van der Waals surface area contributed by atoms with Gasteiger partial charge in [-0.1, -0.05) is 5.57 Å². The molecule has 0 aromatic heterocycles. The predicted octanol–water partition coefficient (Wildman–Crippen LogP) is 1.17. The molecule has 0 radical (unpaired) electrons. The Kier molecular flexibility index (Phi) is 8.32. The quantitative estimate of drug-likeness (QED) is 0.384. The van der Waals surface area contributed by atoms with Crippen LogP contribution in [0.25, 0.3) is 0 Å². The molecule has 0 saturated heterocycles. The molecule has 36 heavy (non-hydrogen) atoms. The van der Waals surface area contributed by atoms with Gasteiger partial charge in [0, 0.05) is 23.8 Å². The first-order chi connectivity index (χ1) is 16.9. The molecular formula is C24H29F3N2O7. The van der Waals surface area contributed by atoms with Gasteiger partial charge in [0.05, 0.1) is 32.3 Å². The Bertz CT molecular complexity index is 1070. The second-order valence-electron chi connectivity index (χ2n) is 8.82. The van der Waals surface area contributed by atoms with Crippen LogP contribution in [0.3, 0.4) is 0 Å². The van der Waals surface area contributed by atoms with Crippen LogP contribution >= 0.6 is 0 Å². The predicted molar refractivity (Wildman–Crippen MR) is 121 cm³/mol. The second-order valence-corrected chi connectivity index (χ2v) is 8.82. The summed E-state index contributed by atoms with van der Waals surface area (Å²) in [6.45, 7) is 0.552. The van der Waals surface area contributed by atoms with Crippen molar-refractivity contribution in [2.24, 2.45) is 0 Å². The topological polar surface area (TPSA) is 129 Å². The number of halogens is 3. The zero-order valence-corrected chi connectivity index (χ0v) is 20.0. The van der Waals surface area contributed by atoms with Crippen molar-refractivity contribution in [3.63, 3.8) is 0 Å². The van der Waals surface area contributed by atoms with Gasteiger partial charge in [-0.15, -0.1) is 0 Å². The summed E-state index contributed by atoms with van der Waals surface area (Å²) in [4.78, 5) is 26.3. The molecule has 2 amide bonds. The molecule has 1 aliphatic heterocycles. The number of nitrogens with zero attached hydrogens (tertiary/aromatic N) is 1. The lowest BCUT2D eigenvalue weighted by atomic mass is 9.77. The van der Waals surface area contributed by atoms with Crippen LogP contribution < -0.4 is 14.8 Å². The van der Waals surface area contributed by atoms with Crippen LogP contribution in [-0.4, -0.2) is 83.3 Å². The molecule has 4 atom stereocenters. The van der Waals surface area contributed by atoms with Crippen molar-refractivity contribution in [1.82, 2.24) is 10.2 Å². The van der Waals surface area contributed by atoms with Gasteiger partial charge in [0.15, 0.2) is 11.5 Å². The molecule has 0 unspecified atom stereocenters. The number of hydrogen-bond acceptors (Lipinski definition) is 7. The molecule has 12 heteroatoms. The van der Waals surface area contributed by atoms with Gasteiger partial charge < -0.3 is 35.0 Å². The zero-order valence-electron chi connectivity index (χ0n) is 20.0. The summed E-state index contributed by atoms with van der Waals surface area (Å²) in [6, 6.07) is 1.51. The van der Waals surface area contributed by atoms with E-state index in [-0.39, 0.29) is 36.8 Å². The number of alkyl halides is 3. The van der Waals surface area contributed by atoms with Crippen LogP contribution in [0.2, 0.25) is 0 Å². The minimum Gasteiger partial charge on any atom is -0.493 e. The van der Waals surface area contributed by atoms with Gasteiger partial charge in [0.25, 0.3) is 0 Å². The minimum absolute atomic E-state index is 0.0446. The molecule has 2 aliphatic rings. The largest absolute Gasteiger partial charge is 0.493 e. The summed E-state index contributed by atoms with van der Waals surface area (Å²) < 4.78 is 51.7. The van der Waals surface area contributed by atoms with E-state index in [1.165, 1.54) is 13.2 Å². The van der Waals surface area contributed by atoms with Gasteiger partial charge in [-0.05, 0) is 37.6 Å². The SMILES string of the molecule is COc1cc(CO)cc2c1O[C@@H]1[C@@H](O)[C@H](N(CC(F)(F)F)C(=O)C=C(C)C)C=C(C(=O)NCCO)[C@H]21. The summed E-state index contributed by atoms with van der Waals surface area (Å²) >= 11 is 0. The van der Waals surface area contributed by atoms with Crippen molar-refractivity contribution in [2.45, 2.75) is 50.8 Å². The van der Waals surface area contributed by atoms with Crippen molar-refractivity contribution in [3.8, 4) is 11.5 Å². The number of benzene rings is 1. The first-order valence-corrected chi connectivity index (χ1v) is 11.2. The average molecular weight is 514 g/mol. The molecule has 0 spiro atoms. The number of aliphatic hydroxyl groups is 3. The molecule has 3 rings (SSSR count). The Morgan fingerprint density at radius 2 is 1.94 bits per heavy atom. The third kappa shape index (κ3) is 5.66. The summed E-state index contributed by atoms with van der Waals surface area (Å²) in [6.07, 6.45) is -5.51. The highest BCUT2D eigenvalue weighted by atomic mass is 19.4. The van der Waals surface area contributed by atoms with E-state index >= 15 is 0 Å². The van der Waals surface area contributed by atoms with Crippen molar-refractivity contribution in [2.75, 3.05) is 26.8 Å². The van der Waals surface area contributed by atoms with Crippen LogP contribution in [0.1, 0.15) is 30.9 Å². The Morgan fingerprint density at radius 1 is 1.25 bits per heavy atom. The smallest absolute Gasteiger partial charge is 0.406 e. The Labute approximate surface area is 205 Å². The van der Waals surface area contributed by atoms with E-state index in [0.717, 1.165) is 12.2 Å². The van der Waals surface area contributed by atoms with Gasteiger partial charge in [-0.3, -0.25) is 9.59 Å². The van der Waals surface area contributed by atoms with Crippen molar-refractivity contribution in [1.29, 1.82) is 0 Å². The maximum atomic E-state index is 13.5. The number of rotatable bonds is 8. The molecule has 4 N–H and O–H groups in total. The van der Waals surface area contributed by atoms with Crippen LogP contribution in [0.5, 0.6) is 11.5 Å². The summed E-state index contributed by atoms with van der Waals surface area (Å²) in [5.74, 6) is -2.25. The standard InChI is InChI=1S/C24H29F3N2O7/c1-12(2)6-18(32)29(11-24(25,26)27)16-9-15(23(34)28-4-5-30)19-14-7-13(10-31)8-17(35-3)21(14)36-22(19)20(16)33/h6-9,16,19-20,22,30-31,33H,4-5,10-11H2,1-3H3,(H,28,34)/t16-,19+,20+,22+/m1/s1. The molecule has 1 aliphatic carbocycles. The molecule has 198 valence electrons. The van der Waals surface area contributed by atoms with E-state index < -0.39 is 48.7 Å². The Morgan fingerprint density at radius 3 is 2.50 bits per heavy atom. The Balaban J connectivity index is 2.17. The number of allylic oxidation sites excluding steroid dienone is 1. The molecule has 1 heterocycles. The first-order valence-electron chi connectivity index (χ1n) is 11.2.